The molecule has 1 aliphatic carbocycles. The lowest BCUT2D eigenvalue weighted by molar-refractivity contribution is 0.198. The van der Waals surface area contributed by atoms with E-state index in [0.717, 1.165) is 49.0 Å². The van der Waals surface area contributed by atoms with Crippen LogP contribution in [0.15, 0.2) is 23.2 Å². The van der Waals surface area contributed by atoms with Crippen LogP contribution in [0.3, 0.4) is 0 Å². The highest BCUT2D eigenvalue weighted by molar-refractivity contribution is 5.80. The van der Waals surface area contributed by atoms with Gasteiger partial charge in [0.25, 0.3) is 0 Å². The third-order valence-electron chi connectivity index (χ3n) is 4.92. The van der Waals surface area contributed by atoms with Crippen molar-refractivity contribution in [3.8, 4) is 11.5 Å². The molecule has 1 saturated heterocycles. The van der Waals surface area contributed by atoms with Crippen molar-refractivity contribution in [1.82, 2.24) is 10.2 Å². The number of likely N-dealkylation sites (tertiary alicyclic amines) is 1. The maximum absolute atomic E-state index is 6.30. The number of hydrogen-bond donors (Lipinski definition) is 1. The molecule has 132 valence electrons. The van der Waals surface area contributed by atoms with Crippen molar-refractivity contribution in [3.63, 3.8) is 0 Å². The quantitative estimate of drug-likeness (QED) is 0.665. The predicted molar refractivity (Wildman–Crippen MR) is 96.9 cm³/mol. The summed E-state index contributed by atoms with van der Waals surface area (Å²) in [7, 11) is 3.55. The topological polar surface area (TPSA) is 46.1 Å². The van der Waals surface area contributed by atoms with Crippen molar-refractivity contribution < 1.29 is 9.47 Å². The van der Waals surface area contributed by atoms with Gasteiger partial charge in [-0.3, -0.25) is 4.99 Å². The van der Waals surface area contributed by atoms with E-state index in [0.29, 0.717) is 12.6 Å². The van der Waals surface area contributed by atoms with Gasteiger partial charge in [-0.25, -0.2) is 0 Å². The van der Waals surface area contributed by atoms with Gasteiger partial charge < -0.3 is 19.7 Å². The zero-order chi connectivity index (χ0) is 16.8. The predicted octanol–water partition coefficient (Wildman–Crippen LogP) is 3.19. The number of nitrogens with zero attached hydrogens (tertiary/aromatic N) is 2. The molecular formula is C19H29N3O2. The molecule has 0 unspecified atom stereocenters. The standard InChI is InChI=1S/C19H29N3O2/c1-20-19(22-12-5-6-13-22)21-14-15-8-7-11-17(23-2)18(15)24-16-9-3-4-10-16/h7-8,11,16H,3-6,9-10,12-14H2,1-2H3,(H,20,21). The number of methoxy groups -OCH3 is 1. The van der Waals surface area contributed by atoms with Crippen LogP contribution in [-0.4, -0.2) is 44.2 Å². The fraction of sp³-hybridized carbons (Fsp3) is 0.632. The Morgan fingerprint density at radius 1 is 1.21 bits per heavy atom. The number of aliphatic imine (C=N–C) groups is 1. The summed E-state index contributed by atoms with van der Waals surface area (Å²) in [6.45, 7) is 2.87. The molecule has 0 radical (unpaired) electrons. The normalized spacial score (nSPS) is 18.9. The minimum atomic E-state index is 0.318. The van der Waals surface area contributed by atoms with Crippen molar-refractivity contribution in [3.05, 3.63) is 23.8 Å². The molecule has 0 bridgehead atoms. The molecule has 0 atom stereocenters. The first-order valence-electron chi connectivity index (χ1n) is 9.10. The van der Waals surface area contributed by atoms with Crippen LogP contribution in [0.2, 0.25) is 0 Å². The maximum Gasteiger partial charge on any atom is 0.193 e. The SMILES string of the molecule is CN=C(NCc1cccc(OC)c1OC1CCCC1)N1CCCC1. The molecule has 2 aliphatic rings. The molecule has 5 nitrogen and oxygen atoms in total. The van der Waals surface area contributed by atoms with Crippen molar-refractivity contribution in [1.29, 1.82) is 0 Å². The summed E-state index contributed by atoms with van der Waals surface area (Å²) in [6, 6.07) is 6.11. The van der Waals surface area contributed by atoms with Crippen LogP contribution in [0.1, 0.15) is 44.1 Å². The third-order valence-corrected chi connectivity index (χ3v) is 4.92. The van der Waals surface area contributed by atoms with E-state index in [-0.39, 0.29) is 0 Å². The fourth-order valence-electron chi connectivity index (χ4n) is 3.60. The van der Waals surface area contributed by atoms with E-state index in [4.69, 9.17) is 9.47 Å². The first-order valence-corrected chi connectivity index (χ1v) is 9.10. The molecule has 1 N–H and O–H groups in total. The van der Waals surface area contributed by atoms with E-state index >= 15 is 0 Å². The molecular weight excluding hydrogens is 302 g/mol. The highest BCUT2D eigenvalue weighted by atomic mass is 16.5. The maximum atomic E-state index is 6.30. The summed E-state index contributed by atoms with van der Waals surface area (Å²) in [5.41, 5.74) is 1.13. The number of rotatable bonds is 5. The lowest BCUT2D eigenvalue weighted by atomic mass is 10.1. The van der Waals surface area contributed by atoms with E-state index in [1.54, 1.807) is 7.11 Å². The Labute approximate surface area is 145 Å². The van der Waals surface area contributed by atoms with E-state index in [1.165, 1.54) is 25.7 Å². The van der Waals surface area contributed by atoms with Gasteiger partial charge in [-0.1, -0.05) is 12.1 Å². The van der Waals surface area contributed by atoms with Crippen molar-refractivity contribution in [2.45, 2.75) is 51.2 Å². The first kappa shape index (κ1) is 16.9. The minimum Gasteiger partial charge on any atom is -0.493 e. The van der Waals surface area contributed by atoms with Crippen molar-refractivity contribution >= 4 is 5.96 Å². The van der Waals surface area contributed by atoms with E-state index < -0.39 is 0 Å². The van der Waals surface area contributed by atoms with Gasteiger partial charge >= 0.3 is 0 Å². The van der Waals surface area contributed by atoms with Gasteiger partial charge in [-0.2, -0.15) is 0 Å². The van der Waals surface area contributed by atoms with Crippen LogP contribution in [0, 0.1) is 0 Å². The van der Waals surface area contributed by atoms with Gasteiger partial charge in [0, 0.05) is 32.2 Å². The Bertz CT molecular complexity index is 562. The average molecular weight is 331 g/mol. The van der Waals surface area contributed by atoms with Crippen molar-refractivity contribution in [2.75, 3.05) is 27.2 Å². The number of hydrogen-bond acceptors (Lipinski definition) is 3. The molecule has 0 spiro atoms. The number of nitrogens with one attached hydrogen (secondary N) is 1. The van der Waals surface area contributed by atoms with Gasteiger partial charge in [0.2, 0.25) is 0 Å². The molecule has 1 aromatic rings. The smallest absolute Gasteiger partial charge is 0.193 e. The largest absolute Gasteiger partial charge is 0.493 e. The van der Waals surface area contributed by atoms with Gasteiger partial charge in [0.05, 0.1) is 13.2 Å². The molecule has 24 heavy (non-hydrogen) atoms. The van der Waals surface area contributed by atoms with Crippen LogP contribution in [0.4, 0.5) is 0 Å². The van der Waals surface area contributed by atoms with Gasteiger partial charge in [-0.15, -0.1) is 0 Å². The molecule has 5 heteroatoms. The first-order chi connectivity index (χ1) is 11.8. The Kier molecular flexibility index (Phi) is 5.83. The third kappa shape index (κ3) is 3.94. The second kappa shape index (κ2) is 8.27. The van der Waals surface area contributed by atoms with Crippen LogP contribution in [-0.2, 0) is 6.54 Å². The van der Waals surface area contributed by atoms with Gasteiger partial charge in [0.15, 0.2) is 17.5 Å². The summed E-state index contributed by atoms with van der Waals surface area (Å²) in [5.74, 6) is 2.68. The zero-order valence-corrected chi connectivity index (χ0v) is 14.9. The summed E-state index contributed by atoms with van der Waals surface area (Å²) < 4.78 is 11.8. The summed E-state index contributed by atoms with van der Waals surface area (Å²) in [4.78, 5) is 6.74. The number of ether oxygens (including phenoxy) is 2. The van der Waals surface area contributed by atoms with Crippen LogP contribution < -0.4 is 14.8 Å². The summed E-state index contributed by atoms with van der Waals surface area (Å²) in [6.07, 6.45) is 7.61. The number of guanidine groups is 1. The Morgan fingerprint density at radius 2 is 1.96 bits per heavy atom. The molecule has 3 rings (SSSR count). The molecule has 0 amide bonds. The van der Waals surface area contributed by atoms with Crippen LogP contribution in [0.25, 0.3) is 0 Å². The molecule has 1 aliphatic heterocycles. The second-order valence-electron chi connectivity index (χ2n) is 6.57. The lowest BCUT2D eigenvalue weighted by Gasteiger charge is -2.23. The highest BCUT2D eigenvalue weighted by Crippen LogP contribution is 2.34. The van der Waals surface area contributed by atoms with Gasteiger partial charge in [0.1, 0.15) is 0 Å². The summed E-state index contributed by atoms with van der Waals surface area (Å²) >= 11 is 0. The molecule has 1 saturated carbocycles. The number of para-hydroxylation sites is 1. The fourth-order valence-corrected chi connectivity index (χ4v) is 3.60. The van der Waals surface area contributed by atoms with E-state index in [2.05, 4.69) is 21.3 Å². The Hall–Kier alpha value is -1.91. The number of benzene rings is 1. The zero-order valence-electron chi connectivity index (χ0n) is 14.9. The van der Waals surface area contributed by atoms with Crippen LogP contribution >= 0.6 is 0 Å². The van der Waals surface area contributed by atoms with Gasteiger partial charge in [-0.05, 0) is 44.6 Å². The molecule has 0 aromatic heterocycles. The lowest BCUT2D eigenvalue weighted by Crippen LogP contribution is -2.39. The molecule has 2 fully saturated rings. The van der Waals surface area contributed by atoms with E-state index in [1.807, 2.05) is 19.2 Å². The average Bonchev–Trinajstić information content (AvgIpc) is 3.30. The second-order valence-corrected chi connectivity index (χ2v) is 6.57. The van der Waals surface area contributed by atoms with E-state index in [9.17, 15) is 0 Å². The Morgan fingerprint density at radius 3 is 2.62 bits per heavy atom. The monoisotopic (exact) mass is 331 g/mol. The van der Waals surface area contributed by atoms with Crippen LogP contribution in [0.5, 0.6) is 11.5 Å². The Balaban J connectivity index is 1.71. The molecule has 1 aromatic carbocycles. The minimum absolute atomic E-state index is 0.318. The summed E-state index contributed by atoms with van der Waals surface area (Å²) in [5, 5.41) is 3.48. The molecule has 1 heterocycles. The van der Waals surface area contributed by atoms with Crippen molar-refractivity contribution in [2.24, 2.45) is 4.99 Å². The highest BCUT2D eigenvalue weighted by Gasteiger charge is 2.21.